The molecule has 1 N–H and O–H groups in total. The number of aryl methyl sites for hydroxylation is 1. The van der Waals surface area contributed by atoms with Gasteiger partial charge in [-0.05, 0) is 46.6 Å². The Balaban J connectivity index is 2.53. The Morgan fingerprint density at radius 2 is 1.89 bits per heavy atom. The van der Waals surface area contributed by atoms with E-state index in [9.17, 15) is 13.9 Å². The maximum atomic E-state index is 13.9. The fourth-order valence-corrected chi connectivity index (χ4v) is 2.42. The zero-order valence-electron chi connectivity index (χ0n) is 9.92. The molecule has 0 aliphatic carbocycles. The van der Waals surface area contributed by atoms with Crippen molar-refractivity contribution in [3.8, 4) is 0 Å². The Kier molecular flexibility index (Phi) is 4.23. The summed E-state index contributed by atoms with van der Waals surface area (Å²) in [4.78, 5) is 0. The molecular formula is C14H10BrClF2O. The van der Waals surface area contributed by atoms with Crippen LogP contribution < -0.4 is 0 Å². The largest absolute Gasteiger partial charge is 0.383 e. The second kappa shape index (κ2) is 5.57. The summed E-state index contributed by atoms with van der Waals surface area (Å²) in [6.45, 7) is 1.55. The van der Waals surface area contributed by atoms with Crippen LogP contribution in [0.15, 0.2) is 34.8 Å². The monoisotopic (exact) mass is 346 g/mol. The van der Waals surface area contributed by atoms with Crippen molar-refractivity contribution < 1.29 is 13.9 Å². The maximum Gasteiger partial charge on any atom is 0.143 e. The third-order valence-electron chi connectivity index (χ3n) is 2.85. The van der Waals surface area contributed by atoms with Crippen LogP contribution >= 0.6 is 27.5 Å². The standard InChI is InChI=1S/C14H10BrClF2O/c1-7-5-9(11(16)6-12(7)17)14(19)8-3-2-4-10(15)13(8)18/h2-6,14,19H,1H3. The molecule has 0 fully saturated rings. The quantitative estimate of drug-likeness (QED) is 0.829. The van der Waals surface area contributed by atoms with Gasteiger partial charge < -0.3 is 5.11 Å². The van der Waals surface area contributed by atoms with Gasteiger partial charge in [-0.2, -0.15) is 0 Å². The number of hydrogen-bond acceptors (Lipinski definition) is 1. The zero-order valence-corrected chi connectivity index (χ0v) is 12.3. The average Bonchev–Trinajstić information content (AvgIpc) is 2.36. The molecule has 1 nitrogen and oxygen atoms in total. The summed E-state index contributed by atoms with van der Waals surface area (Å²) >= 11 is 8.96. The fraction of sp³-hybridized carbons (Fsp3) is 0.143. The Bertz CT molecular complexity index is 631. The lowest BCUT2D eigenvalue weighted by molar-refractivity contribution is 0.214. The molecule has 5 heteroatoms. The summed E-state index contributed by atoms with van der Waals surface area (Å²) in [5, 5.41) is 10.3. The highest BCUT2D eigenvalue weighted by molar-refractivity contribution is 9.10. The van der Waals surface area contributed by atoms with Crippen molar-refractivity contribution >= 4 is 27.5 Å². The van der Waals surface area contributed by atoms with E-state index in [2.05, 4.69) is 15.9 Å². The van der Waals surface area contributed by atoms with E-state index in [1.54, 1.807) is 13.0 Å². The minimum absolute atomic E-state index is 0.0648. The molecule has 100 valence electrons. The second-order valence-corrected chi connectivity index (χ2v) is 5.43. The van der Waals surface area contributed by atoms with Crippen molar-refractivity contribution in [2.75, 3.05) is 0 Å². The zero-order chi connectivity index (χ0) is 14.2. The van der Waals surface area contributed by atoms with Gasteiger partial charge in [-0.1, -0.05) is 23.7 Å². The molecule has 0 amide bonds. The van der Waals surface area contributed by atoms with Crippen molar-refractivity contribution in [2.45, 2.75) is 13.0 Å². The average molecular weight is 348 g/mol. The predicted molar refractivity (Wildman–Crippen MR) is 74.3 cm³/mol. The Labute approximate surface area is 123 Å². The lowest BCUT2D eigenvalue weighted by Crippen LogP contribution is -2.05. The molecule has 2 aromatic carbocycles. The molecule has 0 saturated carbocycles. The van der Waals surface area contributed by atoms with E-state index < -0.39 is 17.7 Å². The summed E-state index contributed by atoms with van der Waals surface area (Å²) in [6, 6.07) is 7.13. The number of rotatable bonds is 2. The first-order valence-corrected chi connectivity index (χ1v) is 6.66. The number of hydrogen-bond donors (Lipinski definition) is 1. The van der Waals surface area contributed by atoms with Crippen LogP contribution in [-0.4, -0.2) is 5.11 Å². The summed E-state index contributed by atoms with van der Waals surface area (Å²) in [7, 11) is 0. The minimum Gasteiger partial charge on any atom is -0.383 e. The summed E-state index contributed by atoms with van der Waals surface area (Å²) in [5.74, 6) is -1.02. The normalized spacial score (nSPS) is 12.5. The highest BCUT2D eigenvalue weighted by Crippen LogP contribution is 2.33. The molecule has 0 aliphatic rings. The third-order valence-corrected chi connectivity index (χ3v) is 3.79. The fourth-order valence-electron chi connectivity index (χ4n) is 1.79. The number of aliphatic hydroxyl groups is 1. The molecule has 0 aromatic heterocycles. The lowest BCUT2D eigenvalue weighted by atomic mass is 9.99. The van der Waals surface area contributed by atoms with Gasteiger partial charge in [0.15, 0.2) is 0 Å². The highest BCUT2D eigenvalue weighted by atomic mass is 79.9. The second-order valence-electron chi connectivity index (χ2n) is 4.17. The van der Waals surface area contributed by atoms with Crippen LogP contribution in [-0.2, 0) is 0 Å². The maximum absolute atomic E-state index is 13.9. The van der Waals surface area contributed by atoms with Crippen LogP contribution in [0.25, 0.3) is 0 Å². The lowest BCUT2D eigenvalue weighted by Gasteiger charge is -2.15. The molecule has 0 saturated heterocycles. The summed E-state index contributed by atoms with van der Waals surface area (Å²) in [6.07, 6.45) is -1.25. The topological polar surface area (TPSA) is 20.2 Å². The number of halogens is 4. The van der Waals surface area contributed by atoms with Crippen molar-refractivity contribution in [1.82, 2.24) is 0 Å². The van der Waals surface area contributed by atoms with E-state index in [0.29, 0.717) is 5.56 Å². The summed E-state index contributed by atoms with van der Waals surface area (Å²) in [5.41, 5.74) is 0.703. The van der Waals surface area contributed by atoms with Gasteiger partial charge in [-0.15, -0.1) is 0 Å². The molecule has 1 unspecified atom stereocenters. The van der Waals surface area contributed by atoms with Gasteiger partial charge in [0.25, 0.3) is 0 Å². The van der Waals surface area contributed by atoms with Crippen LogP contribution in [0.1, 0.15) is 22.8 Å². The predicted octanol–water partition coefficient (Wildman–Crippen LogP) is 4.77. The number of benzene rings is 2. The molecule has 2 aromatic rings. The van der Waals surface area contributed by atoms with Gasteiger partial charge in [-0.3, -0.25) is 0 Å². The van der Waals surface area contributed by atoms with Crippen molar-refractivity contribution in [3.63, 3.8) is 0 Å². The van der Waals surface area contributed by atoms with Crippen LogP contribution in [0.4, 0.5) is 8.78 Å². The first kappa shape index (κ1) is 14.4. The summed E-state index contributed by atoms with van der Waals surface area (Å²) < 4.78 is 27.5. The molecule has 0 aliphatic heterocycles. The van der Waals surface area contributed by atoms with Gasteiger partial charge in [-0.25, -0.2) is 8.78 Å². The van der Waals surface area contributed by atoms with Gasteiger partial charge in [0.05, 0.1) is 4.47 Å². The van der Waals surface area contributed by atoms with E-state index in [4.69, 9.17) is 11.6 Å². The Morgan fingerprint density at radius 1 is 1.21 bits per heavy atom. The van der Waals surface area contributed by atoms with E-state index >= 15 is 0 Å². The molecule has 0 heterocycles. The van der Waals surface area contributed by atoms with Crippen molar-refractivity contribution in [1.29, 1.82) is 0 Å². The first-order chi connectivity index (χ1) is 8.91. The SMILES string of the molecule is Cc1cc(C(O)c2cccc(Br)c2F)c(Cl)cc1F. The third kappa shape index (κ3) is 2.81. The van der Waals surface area contributed by atoms with E-state index in [0.717, 1.165) is 6.07 Å². The van der Waals surface area contributed by atoms with Gasteiger partial charge in [0.2, 0.25) is 0 Å². The smallest absolute Gasteiger partial charge is 0.143 e. The molecular weight excluding hydrogens is 338 g/mol. The van der Waals surface area contributed by atoms with Crippen molar-refractivity contribution in [3.05, 3.63) is 68.2 Å². The first-order valence-electron chi connectivity index (χ1n) is 5.49. The molecule has 1 atom stereocenters. The number of aliphatic hydroxyl groups excluding tert-OH is 1. The molecule has 2 rings (SSSR count). The highest BCUT2D eigenvalue weighted by Gasteiger charge is 2.20. The van der Waals surface area contributed by atoms with Crippen molar-refractivity contribution in [2.24, 2.45) is 0 Å². The van der Waals surface area contributed by atoms with Crippen LogP contribution in [0.3, 0.4) is 0 Å². The van der Waals surface area contributed by atoms with Crippen LogP contribution in [0.5, 0.6) is 0 Å². The Hall–Kier alpha value is -0.970. The molecule has 0 spiro atoms. The van der Waals surface area contributed by atoms with Crippen LogP contribution in [0.2, 0.25) is 5.02 Å². The Morgan fingerprint density at radius 3 is 2.58 bits per heavy atom. The van der Waals surface area contributed by atoms with Gasteiger partial charge in [0.1, 0.15) is 17.7 Å². The molecule has 0 radical (unpaired) electrons. The molecule has 0 bridgehead atoms. The van der Waals surface area contributed by atoms with E-state index in [1.165, 1.54) is 18.2 Å². The minimum atomic E-state index is -1.25. The molecule has 19 heavy (non-hydrogen) atoms. The van der Waals surface area contributed by atoms with E-state index in [-0.39, 0.29) is 20.6 Å². The van der Waals surface area contributed by atoms with Crippen LogP contribution in [0, 0.1) is 18.6 Å². The van der Waals surface area contributed by atoms with Gasteiger partial charge in [0, 0.05) is 16.1 Å². The van der Waals surface area contributed by atoms with E-state index in [1.807, 2.05) is 0 Å². The van der Waals surface area contributed by atoms with Gasteiger partial charge >= 0.3 is 0 Å².